The third kappa shape index (κ3) is 4.57. The number of benzene rings is 1. The summed E-state index contributed by atoms with van der Waals surface area (Å²) in [4.78, 5) is 2.66. The quantitative estimate of drug-likeness (QED) is 0.514. The van der Waals surface area contributed by atoms with Gasteiger partial charge in [0.15, 0.2) is 0 Å². The molecule has 0 radical (unpaired) electrons. The van der Waals surface area contributed by atoms with Gasteiger partial charge in [0.05, 0.1) is 5.69 Å². The lowest BCUT2D eigenvalue weighted by Gasteiger charge is -2.46. The fourth-order valence-corrected chi connectivity index (χ4v) is 4.47. The van der Waals surface area contributed by atoms with Gasteiger partial charge in [-0.25, -0.2) is 0 Å². The first-order valence-electron chi connectivity index (χ1n) is 10.2. The Morgan fingerprint density at radius 1 is 1.24 bits per heavy atom. The second kappa shape index (κ2) is 9.05. The lowest BCUT2D eigenvalue weighted by Crippen LogP contribution is -2.48. The third-order valence-corrected chi connectivity index (χ3v) is 6.36. The summed E-state index contributed by atoms with van der Waals surface area (Å²) in [6, 6.07) is 6.42. The van der Waals surface area contributed by atoms with Crippen LogP contribution in [0.15, 0.2) is 18.2 Å². The normalized spacial score (nSPS) is 24.5. The fraction of sp³-hybridized carbons (Fsp3) is 0.727. The van der Waals surface area contributed by atoms with Gasteiger partial charge in [0, 0.05) is 13.6 Å². The minimum absolute atomic E-state index is 0.192. The minimum atomic E-state index is 0.192. The van der Waals surface area contributed by atoms with Crippen LogP contribution in [0.5, 0.6) is 0 Å². The molecule has 0 aromatic heterocycles. The second-order valence-corrected chi connectivity index (χ2v) is 8.11. The Balaban J connectivity index is 2.14. The van der Waals surface area contributed by atoms with E-state index < -0.39 is 0 Å². The lowest BCUT2D eigenvalue weighted by molar-refractivity contribution is 0.109. The number of rotatable bonds is 8. The van der Waals surface area contributed by atoms with E-state index in [1.807, 2.05) is 6.07 Å². The number of hydroxylamine groups is 1. The van der Waals surface area contributed by atoms with Crippen molar-refractivity contribution in [2.75, 3.05) is 31.7 Å². The third-order valence-electron chi connectivity index (χ3n) is 6.36. The van der Waals surface area contributed by atoms with Gasteiger partial charge in [0.25, 0.3) is 0 Å². The highest BCUT2D eigenvalue weighted by Gasteiger charge is 2.39. The molecule has 25 heavy (non-hydrogen) atoms. The number of likely N-dealkylation sites (tertiary alicyclic amines) is 1. The first-order chi connectivity index (χ1) is 11.9. The summed E-state index contributed by atoms with van der Waals surface area (Å²) in [6.07, 6.45) is 7.53. The Bertz CT molecular complexity index is 543. The molecule has 0 amide bonds. The van der Waals surface area contributed by atoms with Crippen molar-refractivity contribution in [2.24, 2.45) is 5.92 Å². The molecule has 2 rings (SSSR count). The molecule has 0 spiro atoms. The maximum atomic E-state index is 10.0. The van der Waals surface area contributed by atoms with Crippen LogP contribution in [0.25, 0.3) is 0 Å². The van der Waals surface area contributed by atoms with Gasteiger partial charge in [0.1, 0.15) is 0 Å². The number of hydrogen-bond donors (Lipinski definition) is 1. The number of piperidine rings is 1. The average molecular weight is 347 g/mol. The first kappa shape index (κ1) is 20.3. The number of unbranched alkanes of at least 4 members (excludes halogenated alkanes) is 3. The molecule has 0 saturated carbocycles. The van der Waals surface area contributed by atoms with E-state index in [4.69, 9.17) is 0 Å². The SMILES string of the molecule is CCCCCCN1CCC(C)(c2cccc(N(C)O)c2CC)C(C)C1. The van der Waals surface area contributed by atoms with E-state index in [9.17, 15) is 5.21 Å². The Morgan fingerprint density at radius 3 is 2.60 bits per heavy atom. The van der Waals surface area contributed by atoms with E-state index in [1.165, 1.54) is 67.9 Å². The van der Waals surface area contributed by atoms with Crippen molar-refractivity contribution < 1.29 is 5.21 Å². The van der Waals surface area contributed by atoms with E-state index in [0.29, 0.717) is 5.92 Å². The van der Waals surface area contributed by atoms with Crippen LogP contribution < -0.4 is 5.06 Å². The van der Waals surface area contributed by atoms with Crippen LogP contribution >= 0.6 is 0 Å². The number of hydrogen-bond acceptors (Lipinski definition) is 3. The molecule has 0 bridgehead atoms. The molecule has 3 heteroatoms. The summed E-state index contributed by atoms with van der Waals surface area (Å²) in [5, 5.41) is 11.3. The highest BCUT2D eigenvalue weighted by molar-refractivity contribution is 5.56. The van der Waals surface area contributed by atoms with Crippen LogP contribution in [0.1, 0.15) is 70.9 Å². The van der Waals surface area contributed by atoms with E-state index in [2.05, 4.69) is 44.7 Å². The van der Waals surface area contributed by atoms with Gasteiger partial charge in [-0.2, -0.15) is 0 Å². The van der Waals surface area contributed by atoms with E-state index in [0.717, 1.165) is 12.1 Å². The summed E-state index contributed by atoms with van der Waals surface area (Å²) < 4.78 is 0. The minimum Gasteiger partial charge on any atom is -0.303 e. The van der Waals surface area contributed by atoms with Crippen LogP contribution in [-0.4, -0.2) is 36.8 Å². The van der Waals surface area contributed by atoms with Crippen LogP contribution in [0.2, 0.25) is 0 Å². The zero-order valence-corrected chi connectivity index (χ0v) is 17.0. The lowest BCUT2D eigenvalue weighted by atomic mass is 9.66. The summed E-state index contributed by atoms with van der Waals surface area (Å²) in [5.41, 5.74) is 3.89. The number of nitrogens with zero attached hydrogens (tertiary/aromatic N) is 2. The van der Waals surface area contributed by atoms with E-state index in [-0.39, 0.29) is 5.41 Å². The Morgan fingerprint density at radius 2 is 2.00 bits per heavy atom. The summed E-state index contributed by atoms with van der Waals surface area (Å²) in [5.74, 6) is 0.622. The predicted octanol–water partition coefficient (Wildman–Crippen LogP) is 5.25. The van der Waals surface area contributed by atoms with Gasteiger partial charge >= 0.3 is 0 Å². The first-order valence-corrected chi connectivity index (χ1v) is 10.2. The highest BCUT2D eigenvalue weighted by atomic mass is 16.5. The molecular weight excluding hydrogens is 308 g/mol. The van der Waals surface area contributed by atoms with Gasteiger partial charge in [-0.15, -0.1) is 0 Å². The molecule has 1 aliphatic heterocycles. The summed E-state index contributed by atoms with van der Waals surface area (Å²) in [6.45, 7) is 12.9. The molecule has 2 atom stereocenters. The highest BCUT2D eigenvalue weighted by Crippen LogP contribution is 2.43. The largest absolute Gasteiger partial charge is 0.303 e. The van der Waals surface area contributed by atoms with Crippen molar-refractivity contribution in [3.8, 4) is 0 Å². The van der Waals surface area contributed by atoms with Crippen molar-refractivity contribution in [1.82, 2.24) is 4.90 Å². The molecule has 0 aliphatic carbocycles. The van der Waals surface area contributed by atoms with E-state index >= 15 is 0 Å². The van der Waals surface area contributed by atoms with Crippen molar-refractivity contribution in [3.63, 3.8) is 0 Å². The number of anilines is 1. The fourth-order valence-electron chi connectivity index (χ4n) is 4.47. The standard InChI is InChI=1S/C22H38N2O/c1-6-8-9-10-15-24-16-14-22(4,18(3)17-24)20-12-11-13-21(23(5)25)19(20)7-2/h11-13,18,25H,6-10,14-17H2,1-5H3. The van der Waals surface area contributed by atoms with Crippen molar-refractivity contribution in [3.05, 3.63) is 29.3 Å². The Kier molecular flexibility index (Phi) is 7.33. The molecule has 3 nitrogen and oxygen atoms in total. The Hall–Kier alpha value is -1.06. The van der Waals surface area contributed by atoms with E-state index in [1.54, 1.807) is 7.05 Å². The summed E-state index contributed by atoms with van der Waals surface area (Å²) >= 11 is 0. The van der Waals surface area contributed by atoms with Crippen LogP contribution in [0.3, 0.4) is 0 Å². The molecule has 1 N–H and O–H groups in total. The predicted molar refractivity (Wildman–Crippen MR) is 108 cm³/mol. The monoisotopic (exact) mass is 346 g/mol. The van der Waals surface area contributed by atoms with Crippen molar-refractivity contribution >= 4 is 5.69 Å². The molecular formula is C22H38N2O. The molecule has 2 unspecified atom stereocenters. The molecule has 142 valence electrons. The van der Waals surface area contributed by atoms with Gasteiger partial charge in [-0.05, 0) is 60.9 Å². The maximum Gasteiger partial charge on any atom is 0.0665 e. The van der Waals surface area contributed by atoms with Crippen LogP contribution in [-0.2, 0) is 11.8 Å². The smallest absolute Gasteiger partial charge is 0.0665 e. The van der Waals surface area contributed by atoms with Gasteiger partial charge < -0.3 is 4.90 Å². The molecule has 1 heterocycles. The van der Waals surface area contributed by atoms with Crippen molar-refractivity contribution in [1.29, 1.82) is 0 Å². The molecule has 1 aliphatic rings. The van der Waals surface area contributed by atoms with Crippen LogP contribution in [0, 0.1) is 5.92 Å². The maximum absolute atomic E-state index is 10.0. The topological polar surface area (TPSA) is 26.7 Å². The van der Waals surface area contributed by atoms with Crippen LogP contribution in [0.4, 0.5) is 5.69 Å². The van der Waals surface area contributed by atoms with Gasteiger partial charge in [-0.1, -0.05) is 59.1 Å². The zero-order valence-electron chi connectivity index (χ0n) is 17.0. The summed E-state index contributed by atoms with van der Waals surface area (Å²) in [7, 11) is 1.73. The second-order valence-electron chi connectivity index (χ2n) is 8.11. The van der Waals surface area contributed by atoms with Crippen molar-refractivity contribution in [2.45, 2.75) is 71.6 Å². The Labute approximate surface area is 155 Å². The molecule has 1 saturated heterocycles. The molecule has 1 fully saturated rings. The molecule has 1 aromatic carbocycles. The molecule has 1 aromatic rings. The van der Waals surface area contributed by atoms with Gasteiger partial charge in [0.2, 0.25) is 0 Å². The average Bonchev–Trinajstić information content (AvgIpc) is 2.61. The zero-order chi connectivity index (χ0) is 18.4. The van der Waals surface area contributed by atoms with Gasteiger partial charge in [-0.3, -0.25) is 10.3 Å².